The van der Waals surface area contributed by atoms with Crippen LogP contribution in [0.4, 0.5) is 0 Å². The summed E-state index contributed by atoms with van der Waals surface area (Å²) in [7, 11) is 0. The van der Waals surface area contributed by atoms with E-state index in [0.29, 0.717) is 0 Å². The van der Waals surface area contributed by atoms with E-state index in [-0.39, 0.29) is 0 Å². The third-order valence-electron chi connectivity index (χ3n) is 2.79. The number of fused-ring (bicyclic) bond motifs is 3. The van der Waals surface area contributed by atoms with Gasteiger partial charge in [-0.15, -0.1) is 0 Å². The highest BCUT2D eigenvalue weighted by molar-refractivity contribution is 5.88. The highest BCUT2D eigenvalue weighted by Crippen LogP contribution is 2.27. The molecular formula is C14H10. The molecule has 0 aliphatic heterocycles. The number of rotatable bonds is 0. The highest BCUT2D eigenvalue weighted by atomic mass is 14.1. The van der Waals surface area contributed by atoms with Crippen molar-refractivity contribution in [3.63, 3.8) is 0 Å². The summed E-state index contributed by atoms with van der Waals surface area (Å²) in [6.45, 7) is 0. The first-order valence-corrected chi connectivity index (χ1v) is 4.96. The van der Waals surface area contributed by atoms with Crippen LogP contribution in [0.15, 0.2) is 30.3 Å². The van der Waals surface area contributed by atoms with Crippen LogP contribution in [0.25, 0.3) is 16.8 Å². The molecule has 0 nitrogen and oxygen atoms in total. The minimum Gasteiger partial charge on any atom is -0.0836 e. The molecule has 14 heavy (non-hydrogen) atoms. The van der Waals surface area contributed by atoms with Gasteiger partial charge in [-0.1, -0.05) is 36.4 Å². The van der Waals surface area contributed by atoms with Gasteiger partial charge in [0.1, 0.15) is 0 Å². The number of hydrogen-bond acceptors (Lipinski definition) is 0. The first-order valence-electron chi connectivity index (χ1n) is 4.96. The van der Waals surface area contributed by atoms with E-state index in [9.17, 15) is 0 Å². The summed E-state index contributed by atoms with van der Waals surface area (Å²) in [6.07, 6.45) is 6.77. The van der Waals surface area contributed by atoms with Gasteiger partial charge in [-0.25, -0.2) is 0 Å². The minimum absolute atomic E-state index is 1.15. The molecule has 2 radical (unpaired) electrons. The summed E-state index contributed by atoms with van der Waals surface area (Å²) in [4.78, 5) is 0. The van der Waals surface area contributed by atoms with Gasteiger partial charge in [-0.3, -0.25) is 0 Å². The Labute approximate surface area is 83.9 Å². The summed E-state index contributed by atoms with van der Waals surface area (Å²) >= 11 is 0. The summed E-state index contributed by atoms with van der Waals surface area (Å²) in [5, 5.41) is 2.52. The molecule has 2 aromatic rings. The molecule has 0 amide bonds. The molecule has 0 saturated heterocycles. The fourth-order valence-electron chi connectivity index (χ4n) is 2.10. The van der Waals surface area contributed by atoms with Crippen LogP contribution in [0.3, 0.4) is 0 Å². The van der Waals surface area contributed by atoms with E-state index in [2.05, 4.69) is 42.5 Å². The maximum Gasteiger partial charge on any atom is -0.00140 e. The molecule has 0 atom stereocenters. The molecule has 0 N–H and O–H groups in total. The number of benzene rings is 2. The normalized spacial score (nSPS) is 14.3. The molecule has 0 unspecified atom stereocenters. The molecule has 0 heteroatoms. The van der Waals surface area contributed by atoms with Gasteiger partial charge in [0.05, 0.1) is 0 Å². The van der Waals surface area contributed by atoms with Gasteiger partial charge >= 0.3 is 0 Å². The van der Waals surface area contributed by atoms with E-state index in [1.54, 1.807) is 0 Å². The van der Waals surface area contributed by atoms with Crippen molar-refractivity contribution in [2.24, 2.45) is 0 Å². The molecule has 0 bridgehead atoms. The van der Waals surface area contributed by atoms with Crippen LogP contribution in [0.5, 0.6) is 0 Å². The Bertz CT molecular complexity index is 506. The zero-order chi connectivity index (χ0) is 9.38. The van der Waals surface area contributed by atoms with Crippen molar-refractivity contribution in [2.75, 3.05) is 0 Å². The molecule has 1 aliphatic rings. The Hall–Kier alpha value is -1.56. The monoisotopic (exact) mass is 178 g/mol. The van der Waals surface area contributed by atoms with Crippen molar-refractivity contribution in [1.82, 2.24) is 0 Å². The fourth-order valence-corrected chi connectivity index (χ4v) is 2.10. The predicted molar refractivity (Wildman–Crippen MR) is 59.0 cm³/mol. The van der Waals surface area contributed by atoms with Crippen LogP contribution < -0.4 is 0 Å². The molecule has 0 saturated carbocycles. The zero-order valence-electron chi connectivity index (χ0n) is 7.88. The first-order chi connectivity index (χ1) is 6.95. The lowest BCUT2D eigenvalue weighted by atomic mass is 9.92. The minimum atomic E-state index is 1.15. The van der Waals surface area contributed by atoms with E-state index >= 15 is 0 Å². The third kappa shape index (κ3) is 1.07. The van der Waals surface area contributed by atoms with E-state index < -0.39 is 0 Å². The Balaban J connectivity index is 2.41. The number of allylic oxidation sites excluding steroid dienone is 1. The lowest BCUT2D eigenvalue weighted by Gasteiger charge is -2.12. The maximum atomic E-state index is 3.15. The van der Waals surface area contributed by atoms with Gasteiger partial charge in [0.25, 0.3) is 0 Å². The van der Waals surface area contributed by atoms with Crippen LogP contribution in [-0.2, 0) is 6.42 Å². The molecular weight excluding hydrogens is 168 g/mol. The number of aryl methyl sites for hydroxylation is 1. The van der Waals surface area contributed by atoms with E-state index in [1.807, 2.05) is 6.07 Å². The van der Waals surface area contributed by atoms with Crippen LogP contribution in [0.1, 0.15) is 17.5 Å². The standard InChI is InChI=1S/C14H10/c1-3-7-13-11(5-1)9-10-12-6-2-4-8-14(12)13/h1,4-5,8-10H,3,7H2. The molecule has 0 aromatic heterocycles. The Morgan fingerprint density at radius 3 is 3.14 bits per heavy atom. The van der Waals surface area contributed by atoms with Gasteiger partial charge in [-0.2, -0.15) is 0 Å². The molecule has 0 fully saturated rings. The van der Waals surface area contributed by atoms with Crippen molar-refractivity contribution >= 4 is 16.8 Å². The fraction of sp³-hybridized carbons (Fsp3) is 0.143. The second-order valence-corrected chi connectivity index (χ2v) is 3.64. The van der Waals surface area contributed by atoms with Gasteiger partial charge in [-0.05, 0) is 46.9 Å². The Kier molecular flexibility index (Phi) is 1.66. The molecule has 2 aromatic carbocycles. The second kappa shape index (κ2) is 2.98. The Morgan fingerprint density at radius 1 is 1.14 bits per heavy atom. The first kappa shape index (κ1) is 7.81. The molecule has 1 aliphatic carbocycles. The lowest BCUT2D eigenvalue weighted by molar-refractivity contribution is 0.997. The van der Waals surface area contributed by atoms with Gasteiger partial charge in [0.2, 0.25) is 0 Å². The van der Waals surface area contributed by atoms with Crippen molar-refractivity contribution in [3.05, 3.63) is 53.6 Å². The number of hydrogen-bond donors (Lipinski definition) is 0. The van der Waals surface area contributed by atoms with Crippen molar-refractivity contribution in [1.29, 1.82) is 0 Å². The quantitative estimate of drug-likeness (QED) is 0.580. The summed E-state index contributed by atoms with van der Waals surface area (Å²) in [6, 6.07) is 14.5. The summed E-state index contributed by atoms with van der Waals surface area (Å²) in [5.41, 5.74) is 2.83. The highest BCUT2D eigenvalue weighted by Gasteiger charge is 2.07. The zero-order valence-corrected chi connectivity index (χ0v) is 7.88. The van der Waals surface area contributed by atoms with Crippen LogP contribution in [0.2, 0.25) is 0 Å². The van der Waals surface area contributed by atoms with Crippen molar-refractivity contribution in [2.45, 2.75) is 12.8 Å². The predicted octanol–water partition coefficient (Wildman–Crippen LogP) is 3.40. The van der Waals surface area contributed by atoms with E-state index in [1.165, 1.54) is 21.9 Å². The summed E-state index contributed by atoms with van der Waals surface area (Å²) < 4.78 is 0. The third-order valence-corrected chi connectivity index (χ3v) is 2.79. The van der Waals surface area contributed by atoms with E-state index in [4.69, 9.17) is 0 Å². The molecule has 0 heterocycles. The van der Waals surface area contributed by atoms with Crippen LogP contribution >= 0.6 is 0 Å². The Morgan fingerprint density at radius 2 is 2.14 bits per heavy atom. The van der Waals surface area contributed by atoms with Gasteiger partial charge < -0.3 is 0 Å². The average molecular weight is 178 g/mol. The van der Waals surface area contributed by atoms with Crippen molar-refractivity contribution < 1.29 is 0 Å². The molecule has 0 spiro atoms. The molecule has 3 rings (SSSR count). The van der Waals surface area contributed by atoms with Gasteiger partial charge in [0, 0.05) is 0 Å². The smallest absolute Gasteiger partial charge is 0.00140 e. The lowest BCUT2D eigenvalue weighted by Crippen LogP contribution is -1.94. The topological polar surface area (TPSA) is 0 Å². The maximum absolute atomic E-state index is 3.15. The molecule has 66 valence electrons. The van der Waals surface area contributed by atoms with Crippen LogP contribution in [0, 0.1) is 12.1 Å². The average Bonchev–Trinajstić information content (AvgIpc) is 2.29. The SMILES string of the molecule is [c]1[c]c2ccc3c(c2cc1)CCC=C3. The van der Waals surface area contributed by atoms with Gasteiger partial charge in [0.15, 0.2) is 0 Å². The van der Waals surface area contributed by atoms with Crippen molar-refractivity contribution in [3.8, 4) is 0 Å². The van der Waals surface area contributed by atoms with E-state index in [0.717, 1.165) is 12.8 Å². The second-order valence-electron chi connectivity index (χ2n) is 3.64. The summed E-state index contributed by atoms with van der Waals surface area (Å²) in [5.74, 6) is 0. The van der Waals surface area contributed by atoms with Crippen LogP contribution in [-0.4, -0.2) is 0 Å². The largest absolute Gasteiger partial charge is 0.0836 e.